The fourth-order valence-electron chi connectivity index (χ4n) is 2.63. The smallest absolute Gasteiger partial charge is 0.258 e. The van der Waals surface area contributed by atoms with Crippen molar-refractivity contribution in [3.05, 3.63) is 87.7 Å². The molecule has 0 spiro atoms. The van der Waals surface area contributed by atoms with Crippen LogP contribution in [0.25, 0.3) is 0 Å². The van der Waals surface area contributed by atoms with Gasteiger partial charge in [0.15, 0.2) is 0 Å². The Balaban J connectivity index is 1.78. The summed E-state index contributed by atoms with van der Waals surface area (Å²) in [7, 11) is -2.48. The molecule has 31 heavy (non-hydrogen) atoms. The maximum Gasteiger partial charge on any atom is 0.258 e. The largest absolute Gasteiger partial charge is 0.497 e. The zero-order valence-electron chi connectivity index (χ0n) is 16.2. The van der Waals surface area contributed by atoms with E-state index in [4.69, 9.17) is 27.9 Å². The Morgan fingerprint density at radius 3 is 2.39 bits per heavy atom. The minimum Gasteiger partial charge on any atom is -0.497 e. The average Bonchev–Trinajstić information content (AvgIpc) is 2.74. The lowest BCUT2D eigenvalue weighted by Gasteiger charge is -2.11. The fraction of sp³-hybridized carbons (Fsp3) is 0.0952. The van der Waals surface area contributed by atoms with Gasteiger partial charge in [-0.2, -0.15) is 0 Å². The predicted molar refractivity (Wildman–Crippen MR) is 118 cm³/mol. The Morgan fingerprint density at radius 1 is 1.03 bits per heavy atom. The molecule has 0 fully saturated rings. The number of sulfonamides is 1. The lowest BCUT2D eigenvalue weighted by atomic mass is 10.2. The monoisotopic (exact) mass is 482 g/mol. The number of anilines is 1. The van der Waals surface area contributed by atoms with Gasteiger partial charge >= 0.3 is 0 Å². The van der Waals surface area contributed by atoms with Gasteiger partial charge in [-0.1, -0.05) is 35.3 Å². The first-order chi connectivity index (χ1) is 14.7. The highest BCUT2D eigenvalue weighted by atomic mass is 35.5. The van der Waals surface area contributed by atoms with Crippen molar-refractivity contribution in [2.75, 3.05) is 12.4 Å². The van der Waals surface area contributed by atoms with Crippen molar-refractivity contribution < 1.29 is 22.3 Å². The van der Waals surface area contributed by atoms with Crippen molar-refractivity contribution in [1.29, 1.82) is 0 Å². The molecule has 0 aliphatic carbocycles. The summed E-state index contributed by atoms with van der Waals surface area (Å²) in [6, 6.07) is 14.2. The van der Waals surface area contributed by atoms with Gasteiger partial charge in [0.1, 0.15) is 11.6 Å². The summed E-state index contributed by atoms with van der Waals surface area (Å²) in [6.45, 7) is 0.00557. The van der Waals surface area contributed by atoms with E-state index in [1.807, 2.05) is 0 Å². The van der Waals surface area contributed by atoms with E-state index in [1.165, 1.54) is 25.3 Å². The molecule has 1 amide bonds. The summed E-state index contributed by atoms with van der Waals surface area (Å²) in [4.78, 5) is 12.3. The van der Waals surface area contributed by atoms with Crippen LogP contribution in [0.15, 0.2) is 65.6 Å². The van der Waals surface area contributed by atoms with Crippen LogP contribution < -0.4 is 14.8 Å². The molecule has 162 valence electrons. The van der Waals surface area contributed by atoms with Crippen molar-refractivity contribution >= 4 is 44.8 Å². The summed E-state index contributed by atoms with van der Waals surface area (Å²) in [5.41, 5.74) is 0.460. The second-order valence-corrected chi connectivity index (χ2v) is 9.00. The van der Waals surface area contributed by atoms with Crippen molar-refractivity contribution in [3.63, 3.8) is 0 Å². The first kappa shape index (κ1) is 23.0. The van der Waals surface area contributed by atoms with Crippen molar-refractivity contribution in [2.45, 2.75) is 11.4 Å². The zero-order valence-corrected chi connectivity index (χ0v) is 18.5. The molecule has 0 unspecified atom stereocenters. The van der Waals surface area contributed by atoms with Crippen LogP contribution in [0, 0.1) is 5.82 Å². The topological polar surface area (TPSA) is 84.5 Å². The van der Waals surface area contributed by atoms with Gasteiger partial charge in [-0.25, -0.2) is 17.5 Å². The van der Waals surface area contributed by atoms with Crippen LogP contribution in [-0.4, -0.2) is 21.4 Å². The van der Waals surface area contributed by atoms with Crippen molar-refractivity contribution in [1.82, 2.24) is 4.72 Å². The minimum atomic E-state index is -4.01. The third-order valence-corrected chi connectivity index (χ3v) is 6.24. The number of hydrogen-bond donors (Lipinski definition) is 2. The first-order valence-corrected chi connectivity index (χ1v) is 11.1. The van der Waals surface area contributed by atoms with Gasteiger partial charge in [-0.05, 0) is 54.1 Å². The summed E-state index contributed by atoms with van der Waals surface area (Å²) in [5, 5.41) is 2.97. The number of carbonyl (C=O) groups excluding carboxylic acids is 1. The SMILES string of the molecule is COc1ccc(CNS(=O)(=O)c2ccc(F)c(C(=O)Nc3ccc(Cl)cc3Cl)c2)cc1. The third-order valence-electron chi connectivity index (χ3n) is 4.30. The zero-order chi connectivity index (χ0) is 22.6. The minimum absolute atomic E-state index is 0.00557. The quantitative estimate of drug-likeness (QED) is 0.502. The molecule has 0 aliphatic rings. The van der Waals surface area contributed by atoms with Gasteiger partial charge < -0.3 is 10.1 Å². The average molecular weight is 483 g/mol. The lowest BCUT2D eigenvalue weighted by molar-refractivity contribution is 0.102. The number of benzene rings is 3. The lowest BCUT2D eigenvalue weighted by Crippen LogP contribution is -2.24. The Labute approximate surface area is 189 Å². The van der Waals surface area contributed by atoms with Crippen LogP contribution in [0.3, 0.4) is 0 Å². The van der Waals surface area contributed by atoms with Crippen LogP contribution in [0.1, 0.15) is 15.9 Å². The summed E-state index contributed by atoms with van der Waals surface area (Å²) in [5.74, 6) is -1.09. The van der Waals surface area contributed by atoms with Gasteiger partial charge in [0.2, 0.25) is 10.0 Å². The Kier molecular flexibility index (Phi) is 7.17. The van der Waals surface area contributed by atoms with Gasteiger partial charge in [0.25, 0.3) is 5.91 Å². The number of ether oxygens (including phenoxy) is 1. The molecule has 0 bridgehead atoms. The van der Waals surface area contributed by atoms with Gasteiger partial charge in [-0.3, -0.25) is 4.79 Å². The maximum absolute atomic E-state index is 14.3. The Hall–Kier alpha value is -2.65. The fourth-order valence-corrected chi connectivity index (χ4v) is 4.13. The van der Waals surface area contributed by atoms with Crippen LogP contribution in [0.2, 0.25) is 10.0 Å². The number of amides is 1. The highest BCUT2D eigenvalue weighted by Crippen LogP contribution is 2.26. The van der Waals surface area contributed by atoms with Crippen LogP contribution in [0.5, 0.6) is 5.75 Å². The van der Waals surface area contributed by atoms with Crippen LogP contribution in [0.4, 0.5) is 10.1 Å². The molecule has 3 aromatic rings. The van der Waals surface area contributed by atoms with Crippen molar-refractivity contribution in [2.24, 2.45) is 0 Å². The molecule has 0 heterocycles. The summed E-state index contributed by atoms with van der Waals surface area (Å²) < 4.78 is 47.0. The second-order valence-electron chi connectivity index (χ2n) is 6.39. The molecule has 0 atom stereocenters. The molecule has 0 radical (unpaired) electrons. The molecule has 0 aromatic heterocycles. The van der Waals surface area contributed by atoms with E-state index in [0.717, 1.165) is 18.2 Å². The van der Waals surface area contributed by atoms with Crippen molar-refractivity contribution in [3.8, 4) is 5.75 Å². The first-order valence-electron chi connectivity index (χ1n) is 8.88. The van der Waals surface area contributed by atoms with Gasteiger partial charge in [-0.15, -0.1) is 0 Å². The molecule has 0 saturated heterocycles. The van der Waals surface area contributed by atoms with Gasteiger partial charge in [0, 0.05) is 11.6 Å². The molecule has 10 heteroatoms. The molecule has 0 saturated carbocycles. The Morgan fingerprint density at radius 2 is 1.74 bits per heavy atom. The number of hydrogen-bond acceptors (Lipinski definition) is 4. The molecule has 6 nitrogen and oxygen atoms in total. The van der Waals surface area contributed by atoms with E-state index in [1.54, 1.807) is 24.3 Å². The van der Waals surface area contributed by atoms with Crippen LogP contribution in [-0.2, 0) is 16.6 Å². The number of halogens is 3. The normalized spacial score (nSPS) is 11.2. The highest BCUT2D eigenvalue weighted by molar-refractivity contribution is 7.89. The Bertz CT molecular complexity index is 1220. The van der Waals surface area contributed by atoms with E-state index >= 15 is 0 Å². The molecule has 3 rings (SSSR count). The third kappa shape index (κ3) is 5.74. The number of rotatable bonds is 7. The van der Waals surface area contributed by atoms with Crippen LogP contribution >= 0.6 is 23.2 Å². The van der Waals surface area contributed by atoms with E-state index < -0.39 is 27.3 Å². The molecular weight excluding hydrogens is 466 g/mol. The van der Waals surface area contributed by atoms with Gasteiger partial charge in [0.05, 0.1) is 28.3 Å². The molecular formula is C21H17Cl2FN2O4S. The van der Waals surface area contributed by atoms with E-state index in [0.29, 0.717) is 16.3 Å². The summed E-state index contributed by atoms with van der Waals surface area (Å²) >= 11 is 11.8. The molecule has 2 N–H and O–H groups in total. The van der Waals surface area contributed by atoms with E-state index in [9.17, 15) is 17.6 Å². The second kappa shape index (κ2) is 9.65. The molecule has 0 aliphatic heterocycles. The number of methoxy groups -OCH3 is 1. The van der Waals surface area contributed by atoms with E-state index in [2.05, 4.69) is 10.0 Å². The number of carbonyl (C=O) groups is 1. The maximum atomic E-state index is 14.3. The standard InChI is InChI=1S/C21H17Cl2FN2O4S/c1-30-15-5-2-13(3-6-15)12-25-31(28,29)16-7-8-19(24)17(11-16)21(27)26-20-9-4-14(22)10-18(20)23/h2-11,25H,12H2,1H3,(H,26,27). The van der Waals surface area contributed by atoms with E-state index in [-0.39, 0.29) is 22.2 Å². The molecule has 3 aromatic carbocycles. The predicted octanol–water partition coefficient (Wildman–Crippen LogP) is 4.87. The highest BCUT2D eigenvalue weighted by Gasteiger charge is 2.20. The summed E-state index contributed by atoms with van der Waals surface area (Å²) in [6.07, 6.45) is 0. The number of nitrogens with one attached hydrogen (secondary N) is 2.